The molecule has 6 nitrogen and oxygen atoms in total. The lowest BCUT2D eigenvalue weighted by atomic mass is 10.1. The van der Waals surface area contributed by atoms with Gasteiger partial charge in [-0.25, -0.2) is 0 Å². The summed E-state index contributed by atoms with van der Waals surface area (Å²) in [6.45, 7) is 3.11. The summed E-state index contributed by atoms with van der Waals surface area (Å²) >= 11 is 3.38. The molecular weight excluding hydrogens is 412 g/mol. The van der Waals surface area contributed by atoms with E-state index in [-0.39, 0.29) is 5.91 Å². The molecule has 2 aromatic carbocycles. The number of hydrazone groups is 1. The highest BCUT2D eigenvalue weighted by molar-refractivity contribution is 9.10. The third-order valence-electron chi connectivity index (χ3n) is 3.89. The SMILES string of the molecule is COc1cc(C=C2C(=O)N(c3ccc(Br)cc3)N=C2C)ccc1OC(C)=O. The molecule has 0 atom stereocenters. The lowest BCUT2D eigenvalue weighted by molar-refractivity contribution is -0.132. The van der Waals surface area contributed by atoms with Crippen molar-refractivity contribution >= 4 is 45.3 Å². The Labute approximate surface area is 165 Å². The maximum Gasteiger partial charge on any atom is 0.308 e. The molecule has 0 spiro atoms. The summed E-state index contributed by atoms with van der Waals surface area (Å²) in [6.07, 6.45) is 1.74. The molecule has 0 saturated carbocycles. The fourth-order valence-electron chi connectivity index (χ4n) is 2.62. The summed E-state index contributed by atoms with van der Waals surface area (Å²) in [5, 5.41) is 5.74. The van der Waals surface area contributed by atoms with Gasteiger partial charge in [-0.15, -0.1) is 0 Å². The Kier molecular flexibility index (Phi) is 5.41. The van der Waals surface area contributed by atoms with Crippen LogP contribution in [0.2, 0.25) is 0 Å². The van der Waals surface area contributed by atoms with Gasteiger partial charge in [-0.05, 0) is 55.0 Å². The molecule has 0 bridgehead atoms. The molecule has 0 N–H and O–H groups in total. The van der Waals surface area contributed by atoms with Crippen molar-refractivity contribution in [3.8, 4) is 11.5 Å². The van der Waals surface area contributed by atoms with Crippen LogP contribution < -0.4 is 14.5 Å². The van der Waals surface area contributed by atoms with E-state index in [1.54, 1.807) is 31.2 Å². The summed E-state index contributed by atoms with van der Waals surface area (Å²) in [5.74, 6) is 0.0903. The van der Waals surface area contributed by atoms with Crippen LogP contribution in [0.1, 0.15) is 19.4 Å². The van der Waals surface area contributed by atoms with Crippen molar-refractivity contribution in [2.75, 3.05) is 12.1 Å². The largest absolute Gasteiger partial charge is 0.493 e. The van der Waals surface area contributed by atoms with Crippen molar-refractivity contribution < 1.29 is 19.1 Å². The van der Waals surface area contributed by atoms with Gasteiger partial charge < -0.3 is 9.47 Å². The highest BCUT2D eigenvalue weighted by atomic mass is 79.9. The Morgan fingerprint density at radius 2 is 1.85 bits per heavy atom. The molecule has 1 amide bonds. The number of amides is 1. The fraction of sp³-hybridized carbons (Fsp3) is 0.150. The topological polar surface area (TPSA) is 68.2 Å². The first-order chi connectivity index (χ1) is 12.9. The fourth-order valence-corrected chi connectivity index (χ4v) is 2.89. The standard InChI is InChI=1S/C20H17BrN2O4/c1-12-17(20(25)23(22-12)16-7-5-15(21)6-8-16)10-14-4-9-18(27-13(2)24)19(11-14)26-3/h4-11H,1-3H3. The Morgan fingerprint density at radius 3 is 2.48 bits per heavy atom. The molecule has 2 aromatic rings. The van der Waals surface area contributed by atoms with Crippen molar-refractivity contribution in [3.05, 3.63) is 58.1 Å². The van der Waals surface area contributed by atoms with Crippen LogP contribution in [0.4, 0.5) is 5.69 Å². The van der Waals surface area contributed by atoms with Crippen LogP contribution in [0.25, 0.3) is 6.08 Å². The van der Waals surface area contributed by atoms with Crippen molar-refractivity contribution in [2.24, 2.45) is 5.10 Å². The lowest BCUT2D eigenvalue weighted by Gasteiger charge is -2.11. The zero-order valence-electron chi connectivity index (χ0n) is 15.0. The molecule has 0 aromatic heterocycles. The number of benzene rings is 2. The molecule has 0 unspecified atom stereocenters. The number of halogens is 1. The van der Waals surface area contributed by atoms with E-state index in [1.165, 1.54) is 19.0 Å². The summed E-state index contributed by atoms with van der Waals surface area (Å²) in [5.41, 5.74) is 2.53. The predicted molar refractivity (Wildman–Crippen MR) is 107 cm³/mol. The normalized spacial score (nSPS) is 15.1. The number of methoxy groups -OCH3 is 1. The minimum Gasteiger partial charge on any atom is -0.493 e. The van der Waals surface area contributed by atoms with Crippen LogP contribution in [0.3, 0.4) is 0 Å². The molecule has 1 aliphatic rings. The van der Waals surface area contributed by atoms with E-state index >= 15 is 0 Å². The summed E-state index contributed by atoms with van der Waals surface area (Å²) in [4.78, 5) is 24.0. The van der Waals surface area contributed by atoms with Gasteiger partial charge in [-0.1, -0.05) is 22.0 Å². The van der Waals surface area contributed by atoms with Crippen LogP contribution >= 0.6 is 15.9 Å². The van der Waals surface area contributed by atoms with E-state index in [9.17, 15) is 9.59 Å². The molecule has 3 rings (SSSR count). The second-order valence-electron chi connectivity index (χ2n) is 5.84. The second kappa shape index (κ2) is 7.75. The molecule has 0 aliphatic carbocycles. The number of hydrogen-bond donors (Lipinski definition) is 0. The molecule has 1 heterocycles. The molecule has 7 heteroatoms. The van der Waals surface area contributed by atoms with Gasteiger partial charge in [0.15, 0.2) is 11.5 Å². The first-order valence-corrected chi connectivity index (χ1v) is 8.92. The van der Waals surface area contributed by atoms with E-state index < -0.39 is 5.97 Å². The molecule has 27 heavy (non-hydrogen) atoms. The average molecular weight is 429 g/mol. The Balaban J connectivity index is 1.91. The smallest absolute Gasteiger partial charge is 0.308 e. The van der Waals surface area contributed by atoms with Crippen LogP contribution in [-0.4, -0.2) is 24.7 Å². The Morgan fingerprint density at radius 1 is 1.15 bits per heavy atom. The van der Waals surface area contributed by atoms with Crippen LogP contribution in [-0.2, 0) is 9.59 Å². The van der Waals surface area contributed by atoms with Gasteiger partial charge in [0, 0.05) is 11.4 Å². The third-order valence-corrected chi connectivity index (χ3v) is 4.41. The first-order valence-electron chi connectivity index (χ1n) is 8.13. The Bertz CT molecular complexity index is 964. The number of rotatable bonds is 4. The molecule has 0 saturated heterocycles. The maximum atomic E-state index is 12.8. The first kappa shape index (κ1) is 18.8. The van der Waals surface area contributed by atoms with Crippen LogP contribution in [0.15, 0.2) is 57.6 Å². The van der Waals surface area contributed by atoms with Crippen molar-refractivity contribution in [1.82, 2.24) is 0 Å². The van der Waals surface area contributed by atoms with E-state index in [2.05, 4.69) is 21.0 Å². The van der Waals surface area contributed by atoms with Gasteiger partial charge in [-0.2, -0.15) is 10.1 Å². The van der Waals surface area contributed by atoms with Gasteiger partial charge in [-0.3, -0.25) is 9.59 Å². The van der Waals surface area contributed by atoms with Gasteiger partial charge in [0.2, 0.25) is 0 Å². The predicted octanol–water partition coefficient (Wildman–Crippen LogP) is 4.19. The van der Waals surface area contributed by atoms with Gasteiger partial charge in [0.1, 0.15) is 0 Å². The number of ether oxygens (including phenoxy) is 2. The van der Waals surface area contributed by atoms with Crippen LogP contribution in [0, 0.1) is 0 Å². The second-order valence-corrected chi connectivity index (χ2v) is 6.76. The summed E-state index contributed by atoms with van der Waals surface area (Å²) in [7, 11) is 1.49. The average Bonchev–Trinajstić information content (AvgIpc) is 2.91. The minimum absolute atomic E-state index is 0.210. The zero-order chi connectivity index (χ0) is 19.6. The van der Waals surface area contributed by atoms with Crippen molar-refractivity contribution in [2.45, 2.75) is 13.8 Å². The molecule has 138 valence electrons. The number of hydrogen-bond acceptors (Lipinski definition) is 5. The van der Waals surface area contributed by atoms with E-state index in [0.717, 1.165) is 10.0 Å². The summed E-state index contributed by atoms with van der Waals surface area (Å²) < 4.78 is 11.3. The molecule has 0 fully saturated rings. The number of carbonyl (C=O) groups is 2. The molecule has 0 radical (unpaired) electrons. The Hall–Kier alpha value is -2.93. The van der Waals surface area contributed by atoms with Gasteiger partial charge in [0.05, 0.1) is 24.1 Å². The van der Waals surface area contributed by atoms with E-state index in [1.807, 2.05) is 24.3 Å². The highest BCUT2D eigenvalue weighted by Gasteiger charge is 2.28. The third kappa shape index (κ3) is 4.09. The molecular formula is C20H17BrN2O4. The molecule has 1 aliphatic heterocycles. The van der Waals surface area contributed by atoms with Crippen molar-refractivity contribution in [3.63, 3.8) is 0 Å². The number of esters is 1. The van der Waals surface area contributed by atoms with E-state index in [0.29, 0.717) is 28.5 Å². The van der Waals surface area contributed by atoms with E-state index in [4.69, 9.17) is 9.47 Å². The minimum atomic E-state index is -0.432. The quantitative estimate of drug-likeness (QED) is 0.415. The summed E-state index contributed by atoms with van der Waals surface area (Å²) in [6, 6.07) is 12.4. The zero-order valence-corrected chi connectivity index (χ0v) is 16.6. The van der Waals surface area contributed by atoms with Crippen molar-refractivity contribution in [1.29, 1.82) is 0 Å². The highest BCUT2D eigenvalue weighted by Crippen LogP contribution is 2.31. The number of anilines is 1. The van der Waals surface area contributed by atoms with Gasteiger partial charge >= 0.3 is 5.97 Å². The number of nitrogens with zero attached hydrogens (tertiary/aromatic N) is 2. The van der Waals surface area contributed by atoms with Crippen LogP contribution in [0.5, 0.6) is 11.5 Å². The lowest BCUT2D eigenvalue weighted by Crippen LogP contribution is -2.21. The number of carbonyl (C=O) groups excluding carboxylic acids is 2. The maximum absolute atomic E-state index is 12.8. The monoisotopic (exact) mass is 428 g/mol. The van der Waals surface area contributed by atoms with Gasteiger partial charge in [0.25, 0.3) is 5.91 Å².